The van der Waals surface area contributed by atoms with Crippen LogP contribution in [0.15, 0.2) is 54.6 Å². The molecule has 0 aliphatic heterocycles. The van der Waals surface area contributed by atoms with Gasteiger partial charge in [-0.05, 0) is 38.5 Å². The molecule has 0 radical (unpaired) electrons. The Morgan fingerprint density at radius 2 is 0.966 bits per heavy atom. The van der Waals surface area contributed by atoms with Crippen molar-refractivity contribution >= 4 is 0 Å². The van der Waals surface area contributed by atoms with Crippen LogP contribution in [0, 0.1) is 49.9 Å². The first kappa shape index (κ1) is 28.3. The summed E-state index contributed by atoms with van der Waals surface area (Å²) >= 11 is 0. The Balaban J connectivity index is 0. The third kappa shape index (κ3) is 8.77. The molecule has 0 aliphatic carbocycles. The standard InChI is InChI=1S/C7H3F5.C7H8O.C7H8.2CH4/c1-2-3(8)5(10)7(12)6(11)4(2)9;1-6-3-2-4-7(8)5-6;1-7-5-3-2-4-6-7;;/h1H3;2-5,8H,1H3;2-6H,1H3;2*1H4. The maximum absolute atomic E-state index is 12.4. The molecule has 0 amide bonds. The Labute approximate surface area is 169 Å². The van der Waals surface area contributed by atoms with Gasteiger partial charge < -0.3 is 5.11 Å². The van der Waals surface area contributed by atoms with Crippen LogP contribution in [0.1, 0.15) is 31.5 Å². The molecule has 0 atom stereocenters. The highest BCUT2D eigenvalue weighted by Gasteiger charge is 2.22. The summed E-state index contributed by atoms with van der Waals surface area (Å²) in [5.74, 6) is -9.18. The summed E-state index contributed by atoms with van der Waals surface area (Å²) in [6.45, 7) is 4.84. The van der Waals surface area contributed by atoms with E-state index in [2.05, 4.69) is 19.1 Å². The molecule has 1 nitrogen and oxygen atoms in total. The molecule has 1 N–H and O–H groups in total. The van der Waals surface area contributed by atoms with Crippen molar-refractivity contribution in [2.24, 2.45) is 0 Å². The quantitative estimate of drug-likeness (QED) is 0.227. The van der Waals surface area contributed by atoms with Crippen LogP contribution in [0.2, 0.25) is 0 Å². The molecule has 0 aromatic heterocycles. The van der Waals surface area contributed by atoms with Gasteiger partial charge in [-0.25, -0.2) is 22.0 Å². The van der Waals surface area contributed by atoms with E-state index < -0.39 is 34.6 Å². The summed E-state index contributed by atoms with van der Waals surface area (Å²) in [7, 11) is 0. The van der Waals surface area contributed by atoms with Crippen molar-refractivity contribution in [3.63, 3.8) is 0 Å². The minimum Gasteiger partial charge on any atom is -0.508 e. The van der Waals surface area contributed by atoms with Crippen LogP contribution in [0.25, 0.3) is 0 Å². The first-order valence-corrected chi connectivity index (χ1v) is 7.90. The van der Waals surface area contributed by atoms with Crippen LogP contribution in [0.3, 0.4) is 0 Å². The summed E-state index contributed by atoms with van der Waals surface area (Å²) in [6.07, 6.45) is 0. The van der Waals surface area contributed by atoms with Crippen molar-refractivity contribution in [1.82, 2.24) is 0 Å². The lowest BCUT2D eigenvalue weighted by Gasteiger charge is -2.02. The Bertz CT molecular complexity index is 758. The molecular formula is C23H27F5O. The second-order valence-electron chi connectivity index (χ2n) is 5.69. The van der Waals surface area contributed by atoms with Gasteiger partial charge >= 0.3 is 0 Å². The largest absolute Gasteiger partial charge is 0.508 e. The molecule has 160 valence electrons. The molecule has 0 unspecified atom stereocenters. The molecule has 6 heteroatoms. The van der Waals surface area contributed by atoms with Gasteiger partial charge in [0.05, 0.1) is 0 Å². The number of rotatable bonds is 0. The van der Waals surface area contributed by atoms with Crippen molar-refractivity contribution in [1.29, 1.82) is 0 Å². The van der Waals surface area contributed by atoms with E-state index in [1.807, 2.05) is 37.3 Å². The average Bonchev–Trinajstić information content (AvgIpc) is 2.65. The summed E-state index contributed by atoms with van der Waals surface area (Å²) in [5, 5.41) is 8.81. The van der Waals surface area contributed by atoms with Crippen molar-refractivity contribution in [3.05, 3.63) is 100 Å². The Morgan fingerprint density at radius 3 is 1.28 bits per heavy atom. The van der Waals surface area contributed by atoms with Crippen molar-refractivity contribution in [2.45, 2.75) is 35.6 Å². The summed E-state index contributed by atoms with van der Waals surface area (Å²) < 4.78 is 61.6. The normalized spacial score (nSPS) is 8.97. The highest BCUT2D eigenvalue weighted by Crippen LogP contribution is 2.21. The molecule has 0 heterocycles. The number of aryl methyl sites for hydroxylation is 2. The molecule has 3 rings (SSSR count). The van der Waals surface area contributed by atoms with Gasteiger partial charge in [-0.2, -0.15) is 0 Å². The lowest BCUT2D eigenvalue weighted by atomic mass is 10.2. The van der Waals surface area contributed by atoms with Gasteiger partial charge in [0.15, 0.2) is 23.3 Å². The zero-order valence-corrected chi connectivity index (χ0v) is 15.0. The zero-order valence-electron chi connectivity index (χ0n) is 15.0. The van der Waals surface area contributed by atoms with Gasteiger partial charge in [-0.1, -0.05) is 62.9 Å². The predicted octanol–water partition coefficient (Wildman–Crippen LogP) is 7.66. The minimum atomic E-state index is -2.13. The second-order valence-corrected chi connectivity index (χ2v) is 5.69. The molecule has 0 bridgehead atoms. The van der Waals surface area contributed by atoms with E-state index in [1.54, 1.807) is 12.1 Å². The molecule has 29 heavy (non-hydrogen) atoms. The van der Waals surface area contributed by atoms with Crippen LogP contribution in [-0.2, 0) is 0 Å². The van der Waals surface area contributed by atoms with Crippen molar-refractivity contribution in [2.75, 3.05) is 0 Å². The van der Waals surface area contributed by atoms with Crippen molar-refractivity contribution < 1.29 is 27.1 Å². The molecule has 3 aromatic rings. The smallest absolute Gasteiger partial charge is 0.200 e. The van der Waals surface area contributed by atoms with E-state index in [0.29, 0.717) is 5.75 Å². The number of benzene rings is 3. The third-order valence-corrected chi connectivity index (χ3v) is 3.37. The number of hydrogen-bond acceptors (Lipinski definition) is 1. The lowest BCUT2D eigenvalue weighted by Crippen LogP contribution is -2.03. The highest BCUT2D eigenvalue weighted by atomic mass is 19.2. The van der Waals surface area contributed by atoms with Gasteiger partial charge in [-0.3, -0.25) is 0 Å². The fourth-order valence-electron chi connectivity index (χ4n) is 1.88. The molecule has 0 aliphatic rings. The second kappa shape index (κ2) is 13.3. The summed E-state index contributed by atoms with van der Waals surface area (Å²) in [6, 6.07) is 17.4. The fraction of sp³-hybridized carbons (Fsp3) is 0.217. The predicted molar refractivity (Wildman–Crippen MR) is 108 cm³/mol. The maximum atomic E-state index is 12.4. The lowest BCUT2D eigenvalue weighted by molar-refractivity contribution is 0.373. The Hall–Kier alpha value is -2.89. The van der Waals surface area contributed by atoms with Gasteiger partial charge in [0.1, 0.15) is 5.75 Å². The number of phenols is 1. The number of aromatic hydroxyl groups is 1. The van der Waals surface area contributed by atoms with Crippen molar-refractivity contribution in [3.8, 4) is 5.75 Å². The van der Waals surface area contributed by atoms with Gasteiger partial charge in [0, 0.05) is 5.56 Å². The Morgan fingerprint density at radius 1 is 0.552 bits per heavy atom. The first-order chi connectivity index (χ1) is 12.6. The van der Waals surface area contributed by atoms with E-state index >= 15 is 0 Å². The van der Waals surface area contributed by atoms with Gasteiger partial charge in [0.2, 0.25) is 5.82 Å². The minimum absolute atomic E-state index is 0. The van der Waals surface area contributed by atoms with E-state index in [9.17, 15) is 22.0 Å². The number of phenolic OH excluding ortho intramolecular Hbond substituents is 1. The SMILES string of the molecule is C.C.Cc1c(F)c(F)c(F)c(F)c1F.Cc1cccc(O)c1.Cc1ccccc1. The van der Waals surface area contributed by atoms with E-state index in [0.717, 1.165) is 12.5 Å². The van der Waals surface area contributed by atoms with Crippen LogP contribution in [0.5, 0.6) is 5.75 Å². The van der Waals surface area contributed by atoms with Gasteiger partial charge in [-0.15, -0.1) is 0 Å². The molecule has 3 aromatic carbocycles. The maximum Gasteiger partial charge on any atom is 0.200 e. The van der Waals surface area contributed by atoms with Gasteiger partial charge in [0.25, 0.3) is 0 Å². The molecule has 0 fully saturated rings. The summed E-state index contributed by atoms with van der Waals surface area (Å²) in [5.41, 5.74) is 1.54. The van der Waals surface area contributed by atoms with Crippen LogP contribution < -0.4 is 0 Å². The van der Waals surface area contributed by atoms with E-state index in [4.69, 9.17) is 5.11 Å². The van der Waals surface area contributed by atoms with E-state index in [-0.39, 0.29) is 14.9 Å². The number of halogens is 5. The molecule has 0 saturated carbocycles. The van der Waals surface area contributed by atoms with E-state index in [1.165, 1.54) is 5.56 Å². The molecular weight excluding hydrogens is 387 g/mol. The summed E-state index contributed by atoms with van der Waals surface area (Å²) in [4.78, 5) is 0. The zero-order chi connectivity index (χ0) is 20.6. The molecule has 0 saturated heterocycles. The van der Waals surface area contributed by atoms with Crippen LogP contribution in [0.4, 0.5) is 22.0 Å². The topological polar surface area (TPSA) is 20.2 Å². The number of hydrogen-bond donors (Lipinski definition) is 1. The van der Waals surface area contributed by atoms with Crippen LogP contribution in [-0.4, -0.2) is 5.11 Å². The highest BCUT2D eigenvalue weighted by molar-refractivity contribution is 5.25. The monoisotopic (exact) mass is 414 g/mol. The third-order valence-electron chi connectivity index (χ3n) is 3.37. The molecule has 0 spiro atoms. The first-order valence-electron chi connectivity index (χ1n) is 7.90. The fourth-order valence-corrected chi connectivity index (χ4v) is 1.88. The Kier molecular flexibility index (Phi) is 13.0. The average molecular weight is 414 g/mol. The van der Waals surface area contributed by atoms with Crippen LogP contribution >= 0.6 is 0 Å².